The fourth-order valence-corrected chi connectivity index (χ4v) is 2.57. The maximum atomic E-state index is 12.6. The van der Waals surface area contributed by atoms with Gasteiger partial charge in [-0.05, 0) is 24.6 Å². The summed E-state index contributed by atoms with van der Waals surface area (Å²) in [7, 11) is 0. The molecule has 1 aliphatic rings. The van der Waals surface area contributed by atoms with E-state index in [1.165, 1.54) is 18.2 Å². The van der Waals surface area contributed by atoms with Gasteiger partial charge in [0.25, 0.3) is 0 Å². The van der Waals surface area contributed by atoms with Crippen molar-refractivity contribution < 1.29 is 30.0 Å². The minimum Gasteiger partial charge on any atom is -0.507 e. The van der Waals surface area contributed by atoms with Gasteiger partial charge in [-0.25, -0.2) is 0 Å². The fourth-order valence-electron chi connectivity index (χ4n) is 2.57. The van der Waals surface area contributed by atoms with Crippen LogP contribution in [-0.2, 0) is 0 Å². The number of Topliss-reactive ketones (excluding diaryl/α,β-unsaturated/α-hetero) is 1. The molecule has 22 heavy (non-hydrogen) atoms. The lowest BCUT2D eigenvalue weighted by Gasteiger charge is -2.26. The highest BCUT2D eigenvalue weighted by atomic mass is 16.5. The number of ketones is 1. The largest absolute Gasteiger partial charge is 0.507 e. The second-order valence-electron chi connectivity index (χ2n) is 5.22. The molecule has 1 heterocycles. The molecule has 0 amide bonds. The zero-order valence-electron chi connectivity index (χ0n) is 11.7. The number of phenolic OH excluding ortho intramolecular Hbond substituents is 4. The van der Waals surface area contributed by atoms with Crippen LogP contribution >= 0.6 is 0 Å². The van der Waals surface area contributed by atoms with Crippen LogP contribution in [0.2, 0.25) is 0 Å². The van der Waals surface area contributed by atoms with E-state index in [0.717, 1.165) is 6.07 Å². The zero-order valence-corrected chi connectivity index (χ0v) is 11.7. The van der Waals surface area contributed by atoms with Crippen molar-refractivity contribution in [1.29, 1.82) is 0 Å². The molecule has 0 bridgehead atoms. The Hall–Kier alpha value is -2.89. The van der Waals surface area contributed by atoms with Crippen LogP contribution in [0.5, 0.6) is 28.7 Å². The topological polar surface area (TPSA) is 107 Å². The first-order chi connectivity index (χ1) is 10.4. The van der Waals surface area contributed by atoms with Crippen LogP contribution < -0.4 is 4.74 Å². The lowest BCUT2D eigenvalue weighted by Crippen LogP contribution is -2.26. The summed E-state index contributed by atoms with van der Waals surface area (Å²) in [5, 5.41) is 38.5. The molecule has 4 N–H and O–H groups in total. The van der Waals surface area contributed by atoms with E-state index in [2.05, 4.69) is 0 Å². The van der Waals surface area contributed by atoms with Crippen LogP contribution in [0, 0.1) is 6.92 Å². The highest BCUT2D eigenvalue weighted by Crippen LogP contribution is 2.43. The first kappa shape index (κ1) is 14.1. The van der Waals surface area contributed by atoms with E-state index in [0.29, 0.717) is 11.1 Å². The van der Waals surface area contributed by atoms with Gasteiger partial charge in [-0.3, -0.25) is 4.79 Å². The molecule has 6 nitrogen and oxygen atoms in total. The lowest BCUT2D eigenvalue weighted by molar-refractivity contribution is 0.0891. The number of rotatable bonds is 1. The molecule has 0 spiro atoms. The standard InChI is InChI=1S/C16H14O6/c1-7-11(18)5-13(20)14-15(21)9(6-22-16(7)14)8-2-3-10(17)12(19)4-8/h2-5,9,17-20H,6H2,1H3/t9-/m0/s1. The van der Waals surface area contributed by atoms with Gasteiger partial charge >= 0.3 is 0 Å². The molecule has 0 fully saturated rings. The van der Waals surface area contributed by atoms with Crippen molar-refractivity contribution in [2.24, 2.45) is 0 Å². The van der Waals surface area contributed by atoms with Gasteiger partial charge in [0.15, 0.2) is 17.3 Å². The number of aromatic hydroxyl groups is 4. The molecule has 2 aromatic rings. The molecule has 0 radical (unpaired) electrons. The molecule has 0 saturated carbocycles. The third-order valence-corrected chi connectivity index (χ3v) is 3.84. The summed E-state index contributed by atoms with van der Waals surface area (Å²) in [4.78, 5) is 12.6. The Morgan fingerprint density at radius 2 is 1.73 bits per heavy atom. The van der Waals surface area contributed by atoms with Crippen molar-refractivity contribution in [3.63, 3.8) is 0 Å². The van der Waals surface area contributed by atoms with E-state index >= 15 is 0 Å². The maximum absolute atomic E-state index is 12.6. The Balaban J connectivity index is 2.08. The third-order valence-electron chi connectivity index (χ3n) is 3.84. The van der Waals surface area contributed by atoms with Crippen LogP contribution in [0.15, 0.2) is 24.3 Å². The van der Waals surface area contributed by atoms with E-state index < -0.39 is 5.92 Å². The Morgan fingerprint density at radius 1 is 1.00 bits per heavy atom. The van der Waals surface area contributed by atoms with Crippen molar-refractivity contribution in [2.45, 2.75) is 12.8 Å². The van der Waals surface area contributed by atoms with Crippen LogP contribution in [0.1, 0.15) is 27.4 Å². The molecule has 0 aromatic heterocycles. The second kappa shape index (κ2) is 4.84. The summed E-state index contributed by atoms with van der Waals surface area (Å²) in [5.74, 6) is -2.03. The maximum Gasteiger partial charge on any atom is 0.181 e. The van der Waals surface area contributed by atoms with Gasteiger partial charge in [-0.2, -0.15) is 0 Å². The van der Waals surface area contributed by atoms with E-state index in [-0.39, 0.29) is 46.7 Å². The van der Waals surface area contributed by atoms with Crippen LogP contribution in [0.25, 0.3) is 0 Å². The number of hydrogen-bond acceptors (Lipinski definition) is 6. The van der Waals surface area contributed by atoms with E-state index in [9.17, 15) is 25.2 Å². The number of fused-ring (bicyclic) bond motifs is 1. The summed E-state index contributed by atoms with van der Waals surface area (Å²) in [6.07, 6.45) is 0. The minimum absolute atomic E-state index is 0.0131. The summed E-state index contributed by atoms with van der Waals surface area (Å²) >= 11 is 0. The van der Waals surface area contributed by atoms with Crippen molar-refractivity contribution in [1.82, 2.24) is 0 Å². The molecular formula is C16H14O6. The van der Waals surface area contributed by atoms with Crippen LogP contribution in [0.4, 0.5) is 0 Å². The molecule has 0 unspecified atom stereocenters. The normalized spacial score (nSPS) is 17.0. The van der Waals surface area contributed by atoms with Gasteiger partial charge in [0.2, 0.25) is 0 Å². The molecule has 0 saturated heterocycles. The molecule has 3 rings (SSSR count). The van der Waals surface area contributed by atoms with Gasteiger partial charge in [0, 0.05) is 11.6 Å². The summed E-state index contributed by atoms with van der Waals surface area (Å²) < 4.78 is 5.54. The van der Waals surface area contributed by atoms with Crippen molar-refractivity contribution in [2.75, 3.05) is 6.61 Å². The molecule has 2 aromatic carbocycles. The van der Waals surface area contributed by atoms with E-state index in [1.807, 2.05) is 0 Å². The number of hydrogen-bond donors (Lipinski definition) is 4. The Labute approximate surface area is 125 Å². The predicted molar refractivity (Wildman–Crippen MR) is 76.8 cm³/mol. The first-order valence-electron chi connectivity index (χ1n) is 6.64. The minimum atomic E-state index is -0.714. The number of phenols is 4. The first-order valence-corrected chi connectivity index (χ1v) is 6.64. The lowest BCUT2D eigenvalue weighted by atomic mass is 9.87. The molecular weight excluding hydrogens is 288 g/mol. The Bertz CT molecular complexity index is 781. The van der Waals surface area contributed by atoms with Crippen molar-refractivity contribution in [3.05, 3.63) is 41.0 Å². The average molecular weight is 302 g/mol. The highest BCUT2D eigenvalue weighted by Gasteiger charge is 2.34. The number of carbonyl (C=O) groups excluding carboxylic acids is 1. The smallest absolute Gasteiger partial charge is 0.181 e. The quantitative estimate of drug-likeness (QED) is 0.601. The summed E-state index contributed by atoms with van der Waals surface area (Å²) in [6, 6.07) is 5.19. The van der Waals surface area contributed by atoms with Crippen molar-refractivity contribution in [3.8, 4) is 28.7 Å². The van der Waals surface area contributed by atoms with Gasteiger partial charge in [0.1, 0.15) is 29.4 Å². The van der Waals surface area contributed by atoms with E-state index in [1.54, 1.807) is 6.92 Å². The second-order valence-corrected chi connectivity index (χ2v) is 5.22. The third kappa shape index (κ3) is 2.00. The molecule has 114 valence electrons. The summed E-state index contributed by atoms with van der Waals surface area (Å²) in [5.41, 5.74) is 0.864. The zero-order chi connectivity index (χ0) is 16.0. The highest BCUT2D eigenvalue weighted by molar-refractivity contribution is 6.07. The van der Waals surface area contributed by atoms with E-state index in [4.69, 9.17) is 4.74 Å². The van der Waals surface area contributed by atoms with Gasteiger partial charge in [-0.15, -0.1) is 0 Å². The Kier molecular flexibility index (Phi) is 3.09. The predicted octanol–water partition coefficient (Wildman–Crippen LogP) is 2.18. The van der Waals surface area contributed by atoms with Gasteiger partial charge in [0.05, 0.1) is 5.92 Å². The molecule has 1 aliphatic heterocycles. The monoisotopic (exact) mass is 302 g/mol. The molecule has 6 heteroatoms. The SMILES string of the molecule is Cc1c(O)cc(O)c2c1OC[C@@H](c1ccc(O)c(O)c1)C2=O. The van der Waals surface area contributed by atoms with Crippen molar-refractivity contribution >= 4 is 5.78 Å². The average Bonchev–Trinajstić information content (AvgIpc) is 2.47. The number of carbonyl (C=O) groups is 1. The summed E-state index contributed by atoms with van der Waals surface area (Å²) in [6.45, 7) is 1.60. The molecule has 0 aliphatic carbocycles. The fraction of sp³-hybridized carbons (Fsp3) is 0.188. The van der Waals surface area contributed by atoms with Crippen LogP contribution in [0.3, 0.4) is 0 Å². The number of benzene rings is 2. The van der Waals surface area contributed by atoms with Crippen LogP contribution in [-0.4, -0.2) is 32.8 Å². The molecule has 1 atom stereocenters. The Morgan fingerprint density at radius 3 is 2.41 bits per heavy atom. The number of ether oxygens (including phenoxy) is 1. The van der Waals surface area contributed by atoms with Gasteiger partial charge < -0.3 is 25.2 Å². The van der Waals surface area contributed by atoms with Gasteiger partial charge in [-0.1, -0.05) is 6.07 Å².